The monoisotopic (exact) mass is 223 g/mol. The fourth-order valence-corrected chi connectivity index (χ4v) is 1.52. The van der Waals surface area contributed by atoms with E-state index in [9.17, 15) is 0 Å². The molecule has 2 N–H and O–H groups in total. The molecule has 16 heavy (non-hydrogen) atoms. The van der Waals surface area contributed by atoms with Gasteiger partial charge in [0, 0.05) is 0 Å². The summed E-state index contributed by atoms with van der Waals surface area (Å²) in [5.74, 6) is 1.59. The Morgan fingerprint density at radius 1 is 1.25 bits per heavy atom. The number of aryl methyl sites for hydroxylation is 1. The van der Waals surface area contributed by atoms with Gasteiger partial charge in [0.15, 0.2) is 11.5 Å². The van der Waals surface area contributed by atoms with Crippen LogP contribution in [0.2, 0.25) is 0 Å². The van der Waals surface area contributed by atoms with Crippen LogP contribution < -0.4 is 15.2 Å². The van der Waals surface area contributed by atoms with Crippen LogP contribution in [0.4, 0.5) is 0 Å². The number of methoxy groups -OCH3 is 1. The molecule has 1 aromatic carbocycles. The molecule has 0 heterocycles. The Hall–Kier alpha value is -1.22. The van der Waals surface area contributed by atoms with E-state index < -0.39 is 0 Å². The summed E-state index contributed by atoms with van der Waals surface area (Å²) in [6.45, 7) is 4.72. The second-order valence-electron chi connectivity index (χ2n) is 4.04. The molecule has 0 atom stereocenters. The predicted octanol–water partition coefficient (Wildman–Crippen LogP) is 2.37. The second kappa shape index (κ2) is 6.38. The number of ether oxygens (including phenoxy) is 2. The number of hydrogen-bond acceptors (Lipinski definition) is 3. The van der Waals surface area contributed by atoms with E-state index in [-0.39, 0.29) is 6.10 Å². The summed E-state index contributed by atoms with van der Waals surface area (Å²) in [7, 11) is 1.66. The summed E-state index contributed by atoms with van der Waals surface area (Å²) < 4.78 is 11.0. The van der Waals surface area contributed by atoms with Crippen molar-refractivity contribution < 1.29 is 9.47 Å². The largest absolute Gasteiger partial charge is 0.493 e. The lowest BCUT2D eigenvalue weighted by Crippen LogP contribution is -2.07. The molecule has 0 fully saturated rings. The van der Waals surface area contributed by atoms with E-state index in [2.05, 4.69) is 6.07 Å². The summed E-state index contributed by atoms with van der Waals surface area (Å²) in [5, 5.41) is 0. The van der Waals surface area contributed by atoms with Crippen molar-refractivity contribution in [3.05, 3.63) is 23.8 Å². The summed E-state index contributed by atoms with van der Waals surface area (Å²) in [4.78, 5) is 0. The molecular weight excluding hydrogens is 202 g/mol. The first-order valence-corrected chi connectivity index (χ1v) is 5.71. The highest BCUT2D eigenvalue weighted by Crippen LogP contribution is 2.29. The van der Waals surface area contributed by atoms with Crippen LogP contribution in [0.15, 0.2) is 18.2 Å². The van der Waals surface area contributed by atoms with Gasteiger partial charge in [-0.05, 0) is 50.9 Å². The quantitative estimate of drug-likeness (QED) is 0.805. The standard InChI is InChI=1S/C13H21NO2/c1-10(2)16-12-7-6-11(5-4-8-14)9-13(12)15-3/h6-7,9-10H,4-5,8,14H2,1-3H3. The topological polar surface area (TPSA) is 44.5 Å². The molecule has 0 unspecified atom stereocenters. The Morgan fingerprint density at radius 2 is 2.00 bits per heavy atom. The molecule has 3 heteroatoms. The predicted molar refractivity (Wildman–Crippen MR) is 66.1 cm³/mol. The molecule has 0 aliphatic heterocycles. The van der Waals surface area contributed by atoms with Crippen LogP contribution in [0.25, 0.3) is 0 Å². The molecule has 1 aromatic rings. The molecule has 0 amide bonds. The van der Waals surface area contributed by atoms with Crippen molar-refractivity contribution in [2.75, 3.05) is 13.7 Å². The maximum Gasteiger partial charge on any atom is 0.161 e. The first kappa shape index (κ1) is 12.8. The van der Waals surface area contributed by atoms with Crippen LogP contribution in [0, 0.1) is 0 Å². The Labute approximate surface area is 97.6 Å². The maximum atomic E-state index is 5.65. The molecular formula is C13H21NO2. The first-order valence-electron chi connectivity index (χ1n) is 5.71. The fourth-order valence-electron chi connectivity index (χ4n) is 1.52. The van der Waals surface area contributed by atoms with E-state index >= 15 is 0 Å². The van der Waals surface area contributed by atoms with E-state index in [1.165, 1.54) is 5.56 Å². The summed E-state index contributed by atoms with van der Waals surface area (Å²) in [5.41, 5.74) is 6.72. The third kappa shape index (κ3) is 3.74. The van der Waals surface area contributed by atoms with Gasteiger partial charge in [-0.3, -0.25) is 0 Å². The minimum absolute atomic E-state index is 0.156. The number of hydrogen-bond donors (Lipinski definition) is 1. The van der Waals surface area contributed by atoms with Gasteiger partial charge in [-0.1, -0.05) is 6.07 Å². The van der Waals surface area contributed by atoms with Gasteiger partial charge in [0.1, 0.15) is 0 Å². The maximum absolute atomic E-state index is 5.65. The molecule has 0 saturated carbocycles. The fraction of sp³-hybridized carbons (Fsp3) is 0.538. The first-order chi connectivity index (χ1) is 7.67. The number of rotatable bonds is 6. The Balaban J connectivity index is 2.79. The van der Waals surface area contributed by atoms with Crippen LogP contribution in [-0.2, 0) is 6.42 Å². The van der Waals surface area contributed by atoms with Crippen LogP contribution in [0.1, 0.15) is 25.8 Å². The highest BCUT2D eigenvalue weighted by Gasteiger charge is 2.07. The Kier molecular flexibility index (Phi) is 5.12. The highest BCUT2D eigenvalue weighted by molar-refractivity contribution is 5.43. The van der Waals surface area contributed by atoms with Gasteiger partial charge in [0.25, 0.3) is 0 Å². The van der Waals surface area contributed by atoms with Crippen LogP contribution in [0.5, 0.6) is 11.5 Å². The molecule has 0 radical (unpaired) electrons. The highest BCUT2D eigenvalue weighted by atomic mass is 16.5. The zero-order chi connectivity index (χ0) is 12.0. The van der Waals surface area contributed by atoms with Gasteiger partial charge < -0.3 is 15.2 Å². The molecule has 3 nitrogen and oxygen atoms in total. The second-order valence-corrected chi connectivity index (χ2v) is 4.04. The lowest BCUT2D eigenvalue weighted by Gasteiger charge is -2.14. The summed E-state index contributed by atoms with van der Waals surface area (Å²) in [6.07, 6.45) is 2.13. The van der Waals surface area contributed by atoms with E-state index in [0.29, 0.717) is 6.54 Å². The number of nitrogens with two attached hydrogens (primary N) is 1. The van der Waals surface area contributed by atoms with Gasteiger partial charge in [-0.25, -0.2) is 0 Å². The minimum atomic E-state index is 0.156. The van der Waals surface area contributed by atoms with Crippen molar-refractivity contribution in [3.8, 4) is 11.5 Å². The minimum Gasteiger partial charge on any atom is -0.493 e. The smallest absolute Gasteiger partial charge is 0.161 e. The zero-order valence-electron chi connectivity index (χ0n) is 10.3. The van der Waals surface area contributed by atoms with Gasteiger partial charge in [-0.2, -0.15) is 0 Å². The van der Waals surface area contributed by atoms with Crippen molar-refractivity contribution >= 4 is 0 Å². The average molecular weight is 223 g/mol. The lowest BCUT2D eigenvalue weighted by molar-refractivity contribution is 0.230. The molecule has 0 aliphatic carbocycles. The van der Waals surface area contributed by atoms with Gasteiger partial charge in [0.2, 0.25) is 0 Å². The van der Waals surface area contributed by atoms with Gasteiger partial charge in [0.05, 0.1) is 13.2 Å². The van der Waals surface area contributed by atoms with E-state index in [1.54, 1.807) is 7.11 Å². The average Bonchev–Trinajstić information content (AvgIpc) is 2.27. The summed E-state index contributed by atoms with van der Waals surface area (Å²) in [6, 6.07) is 6.05. The normalized spacial score (nSPS) is 10.6. The van der Waals surface area contributed by atoms with Crippen molar-refractivity contribution in [3.63, 3.8) is 0 Å². The Bertz CT molecular complexity index is 324. The number of benzene rings is 1. The third-order valence-electron chi connectivity index (χ3n) is 2.26. The Morgan fingerprint density at radius 3 is 2.56 bits per heavy atom. The molecule has 90 valence electrons. The van der Waals surface area contributed by atoms with Crippen molar-refractivity contribution in [2.45, 2.75) is 32.8 Å². The molecule has 0 aliphatic rings. The molecule has 0 spiro atoms. The van der Waals surface area contributed by atoms with Crippen LogP contribution in [0.3, 0.4) is 0 Å². The van der Waals surface area contributed by atoms with E-state index in [4.69, 9.17) is 15.2 Å². The van der Waals surface area contributed by atoms with Crippen LogP contribution in [-0.4, -0.2) is 19.8 Å². The molecule has 0 saturated heterocycles. The molecule has 0 bridgehead atoms. The van der Waals surface area contributed by atoms with Crippen LogP contribution >= 0.6 is 0 Å². The zero-order valence-corrected chi connectivity index (χ0v) is 10.3. The van der Waals surface area contributed by atoms with E-state index in [0.717, 1.165) is 24.3 Å². The molecule has 0 aromatic heterocycles. The SMILES string of the molecule is COc1cc(CCCN)ccc1OC(C)C. The van der Waals surface area contributed by atoms with E-state index in [1.807, 2.05) is 26.0 Å². The third-order valence-corrected chi connectivity index (χ3v) is 2.26. The lowest BCUT2D eigenvalue weighted by atomic mass is 10.1. The molecule has 1 rings (SSSR count). The van der Waals surface area contributed by atoms with Crippen molar-refractivity contribution in [2.24, 2.45) is 5.73 Å². The van der Waals surface area contributed by atoms with Gasteiger partial charge in [-0.15, -0.1) is 0 Å². The van der Waals surface area contributed by atoms with Gasteiger partial charge >= 0.3 is 0 Å². The van der Waals surface area contributed by atoms with Crippen molar-refractivity contribution in [1.29, 1.82) is 0 Å². The van der Waals surface area contributed by atoms with Crippen molar-refractivity contribution in [1.82, 2.24) is 0 Å². The summed E-state index contributed by atoms with van der Waals surface area (Å²) >= 11 is 0.